The largest absolute Gasteiger partial charge is 0.456 e. The first kappa shape index (κ1) is 25.5. The van der Waals surface area contributed by atoms with Crippen LogP contribution in [0.1, 0.15) is 28.8 Å². The van der Waals surface area contributed by atoms with Gasteiger partial charge in [-0.3, -0.25) is 9.20 Å². The van der Waals surface area contributed by atoms with Crippen molar-refractivity contribution in [3.8, 4) is 22.8 Å². The van der Waals surface area contributed by atoms with Crippen LogP contribution in [0.25, 0.3) is 16.9 Å². The number of imidazole rings is 1. The van der Waals surface area contributed by atoms with Gasteiger partial charge in [-0.2, -0.15) is 13.2 Å². The van der Waals surface area contributed by atoms with Gasteiger partial charge in [0.2, 0.25) is 0 Å². The van der Waals surface area contributed by atoms with Crippen LogP contribution in [-0.2, 0) is 0 Å². The number of nitrogens with zero attached hydrogens (tertiary/aromatic N) is 2. The number of carbonyl (C=O) groups is 1. The molecule has 2 aromatic heterocycles. The molecule has 1 amide bonds. The molecule has 4 aromatic rings. The van der Waals surface area contributed by atoms with E-state index in [2.05, 4.69) is 15.6 Å². The van der Waals surface area contributed by atoms with Crippen molar-refractivity contribution in [2.24, 2.45) is 0 Å². The maximum absolute atomic E-state index is 13.7. The number of hydrogen-bond donors (Lipinski definition) is 2. The average Bonchev–Trinajstić information content (AvgIpc) is 3.35. The molecule has 2 heterocycles. The highest BCUT2D eigenvalue weighted by Gasteiger charge is 2.39. The number of carbonyl (C=O) groups excluding carboxylic acids is 1. The second-order valence-electron chi connectivity index (χ2n) is 9.14. The number of nitrogens with one attached hydrogen (secondary N) is 2. The van der Waals surface area contributed by atoms with Crippen molar-refractivity contribution < 1.29 is 31.5 Å². The van der Waals surface area contributed by atoms with E-state index in [4.69, 9.17) is 4.74 Å². The molecular formula is C27H23F5N4O2. The van der Waals surface area contributed by atoms with E-state index in [9.17, 15) is 26.7 Å². The minimum Gasteiger partial charge on any atom is -0.456 e. The number of pyridine rings is 1. The van der Waals surface area contributed by atoms with Crippen molar-refractivity contribution in [3.63, 3.8) is 0 Å². The SMILES string of the molecule is Cc1cc(-c2cnc3c(NCCC(F)(F)F)cc(Oc4cccc(F)c4)cn23)ccc1C(=O)NC1C[C@@H]1F. The number of alkyl halides is 4. The minimum absolute atomic E-state index is 0.213. The fourth-order valence-electron chi connectivity index (χ4n) is 4.10. The Morgan fingerprint density at radius 2 is 1.95 bits per heavy atom. The van der Waals surface area contributed by atoms with Gasteiger partial charge in [0.1, 0.15) is 23.5 Å². The standard InChI is InChI=1S/C27H23F5N4O2/c1-15-9-16(5-6-20(15)26(37)35-22-12-21(22)29)24-13-34-25-23(33-8-7-27(30,31)32)11-19(14-36(24)25)38-18-4-2-3-17(28)10-18/h2-6,9-11,13-14,21-22,33H,7-8,12H2,1H3,(H,35,37)/t21-,22?/m0/s1. The van der Waals surface area contributed by atoms with Crippen molar-refractivity contribution in [1.29, 1.82) is 0 Å². The van der Waals surface area contributed by atoms with E-state index in [0.29, 0.717) is 40.1 Å². The van der Waals surface area contributed by atoms with Crippen LogP contribution in [0.2, 0.25) is 0 Å². The molecule has 2 atom stereocenters. The summed E-state index contributed by atoms with van der Waals surface area (Å²) in [4.78, 5) is 16.9. The molecule has 38 heavy (non-hydrogen) atoms. The van der Waals surface area contributed by atoms with Gasteiger partial charge in [-0.15, -0.1) is 0 Å². The number of ether oxygens (including phenoxy) is 1. The summed E-state index contributed by atoms with van der Waals surface area (Å²) in [6.07, 6.45) is -2.93. The quantitative estimate of drug-likeness (QED) is 0.257. The fraction of sp³-hybridized carbons (Fsp3) is 0.259. The van der Waals surface area contributed by atoms with E-state index < -0.39 is 30.6 Å². The molecule has 2 aromatic carbocycles. The number of fused-ring (bicyclic) bond motifs is 1. The summed E-state index contributed by atoms with van der Waals surface area (Å²) in [5.74, 6) is -0.405. The Kier molecular flexibility index (Phi) is 6.68. The smallest absolute Gasteiger partial charge is 0.390 e. The lowest BCUT2D eigenvalue weighted by Crippen LogP contribution is -2.27. The van der Waals surface area contributed by atoms with Crippen LogP contribution in [0.15, 0.2) is 60.9 Å². The van der Waals surface area contributed by atoms with Gasteiger partial charge in [0.05, 0.1) is 36.2 Å². The first-order valence-corrected chi connectivity index (χ1v) is 11.9. The lowest BCUT2D eigenvalue weighted by atomic mass is 10.0. The first-order valence-electron chi connectivity index (χ1n) is 11.9. The zero-order valence-electron chi connectivity index (χ0n) is 20.2. The van der Waals surface area contributed by atoms with Crippen LogP contribution < -0.4 is 15.4 Å². The molecule has 1 saturated carbocycles. The highest BCUT2D eigenvalue weighted by Crippen LogP contribution is 2.33. The molecule has 0 radical (unpaired) electrons. The third kappa shape index (κ3) is 5.71. The maximum Gasteiger partial charge on any atom is 0.390 e. The summed E-state index contributed by atoms with van der Waals surface area (Å²) in [6, 6.07) is 11.6. The van der Waals surface area contributed by atoms with E-state index in [1.54, 1.807) is 48.0 Å². The average molecular weight is 530 g/mol. The molecule has 198 valence electrons. The molecule has 0 spiro atoms. The van der Waals surface area contributed by atoms with Crippen LogP contribution in [0, 0.1) is 12.7 Å². The van der Waals surface area contributed by atoms with E-state index >= 15 is 0 Å². The summed E-state index contributed by atoms with van der Waals surface area (Å²) in [6.45, 7) is 1.37. The molecule has 1 fully saturated rings. The van der Waals surface area contributed by atoms with E-state index in [1.807, 2.05) is 0 Å². The normalized spacial score (nSPS) is 16.9. The molecular weight excluding hydrogens is 507 g/mol. The zero-order chi connectivity index (χ0) is 27.0. The number of aromatic nitrogens is 2. The summed E-state index contributed by atoms with van der Waals surface area (Å²) < 4.78 is 72.6. The molecule has 1 aliphatic carbocycles. The molecule has 0 saturated heterocycles. The predicted molar refractivity (Wildman–Crippen MR) is 132 cm³/mol. The van der Waals surface area contributed by atoms with Crippen LogP contribution in [0.5, 0.6) is 11.5 Å². The Labute approximate surface area is 214 Å². The highest BCUT2D eigenvalue weighted by molar-refractivity contribution is 5.96. The van der Waals surface area contributed by atoms with Crippen molar-refractivity contribution in [3.05, 3.63) is 77.9 Å². The molecule has 11 heteroatoms. The topological polar surface area (TPSA) is 67.7 Å². The second kappa shape index (κ2) is 9.96. The second-order valence-corrected chi connectivity index (χ2v) is 9.14. The highest BCUT2D eigenvalue weighted by atomic mass is 19.4. The first-order chi connectivity index (χ1) is 18.1. The maximum atomic E-state index is 13.7. The molecule has 0 bridgehead atoms. The number of anilines is 1. The molecule has 1 unspecified atom stereocenters. The number of rotatable bonds is 8. The van der Waals surface area contributed by atoms with Gasteiger partial charge in [-0.05, 0) is 36.8 Å². The number of benzene rings is 2. The number of hydrogen-bond acceptors (Lipinski definition) is 4. The third-order valence-corrected chi connectivity index (χ3v) is 6.13. The third-order valence-electron chi connectivity index (χ3n) is 6.13. The van der Waals surface area contributed by atoms with Crippen molar-refractivity contribution in [1.82, 2.24) is 14.7 Å². The van der Waals surface area contributed by atoms with E-state index in [1.165, 1.54) is 24.3 Å². The van der Waals surface area contributed by atoms with E-state index in [-0.39, 0.29) is 24.0 Å². The minimum atomic E-state index is -4.34. The van der Waals surface area contributed by atoms with Gasteiger partial charge in [0.25, 0.3) is 5.91 Å². The number of halogens is 5. The Balaban J connectivity index is 1.49. The molecule has 1 aliphatic rings. The van der Waals surface area contributed by atoms with Gasteiger partial charge in [-0.1, -0.05) is 12.1 Å². The number of aryl methyl sites for hydroxylation is 1. The lowest BCUT2D eigenvalue weighted by Gasteiger charge is -2.14. The van der Waals surface area contributed by atoms with Gasteiger partial charge in [-0.25, -0.2) is 13.8 Å². The van der Waals surface area contributed by atoms with E-state index in [0.717, 1.165) is 0 Å². The lowest BCUT2D eigenvalue weighted by molar-refractivity contribution is -0.131. The molecule has 5 rings (SSSR count). The van der Waals surface area contributed by atoms with Crippen molar-refractivity contribution >= 4 is 17.2 Å². The van der Waals surface area contributed by atoms with Crippen LogP contribution in [0.4, 0.5) is 27.6 Å². The Morgan fingerprint density at radius 3 is 2.63 bits per heavy atom. The van der Waals surface area contributed by atoms with Gasteiger partial charge in [0, 0.05) is 36.2 Å². The molecule has 2 N–H and O–H groups in total. The Bertz CT molecular complexity index is 1500. The monoisotopic (exact) mass is 530 g/mol. The molecule has 0 aliphatic heterocycles. The molecule has 6 nitrogen and oxygen atoms in total. The summed E-state index contributed by atoms with van der Waals surface area (Å²) >= 11 is 0. The summed E-state index contributed by atoms with van der Waals surface area (Å²) in [5.41, 5.74) is 2.99. The van der Waals surface area contributed by atoms with Crippen LogP contribution >= 0.6 is 0 Å². The van der Waals surface area contributed by atoms with Gasteiger partial charge >= 0.3 is 6.18 Å². The Morgan fingerprint density at radius 1 is 1.16 bits per heavy atom. The van der Waals surface area contributed by atoms with Gasteiger partial charge in [0.15, 0.2) is 5.65 Å². The summed E-state index contributed by atoms with van der Waals surface area (Å²) in [5, 5.41) is 5.42. The van der Waals surface area contributed by atoms with Crippen molar-refractivity contribution in [2.75, 3.05) is 11.9 Å². The Hall–Kier alpha value is -4.15. The predicted octanol–water partition coefficient (Wildman–Crippen LogP) is 6.45. The zero-order valence-corrected chi connectivity index (χ0v) is 20.2. The summed E-state index contributed by atoms with van der Waals surface area (Å²) in [7, 11) is 0. The van der Waals surface area contributed by atoms with Crippen molar-refractivity contribution in [2.45, 2.75) is 38.2 Å². The van der Waals surface area contributed by atoms with Crippen LogP contribution in [-0.4, -0.2) is 40.2 Å². The number of amides is 1. The van der Waals surface area contributed by atoms with Gasteiger partial charge < -0.3 is 15.4 Å². The fourth-order valence-corrected chi connectivity index (χ4v) is 4.10. The van der Waals surface area contributed by atoms with Crippen LogP contribution in [0.3, 0.4) is 0 Å².